The molecule has 0 radical (unpaired) electrons. The Labute approximate surface area is 134 Å². The van der Waals surface area contributed by atoms with Gasteiger partial charge in [0.15, 0.2) is 6.29 Å². The number of hydrogen-bond acceptors (Lipinski definition) is 2. The fraction of sp³-hybridized carbons (Fsp3) is 0.500. The van der Waals surface area contributed by atoms with Gasteiger partial charge in [-0.25, -0.2) is 0 Å². The molecule has 1 aliphatic rings. The maximum absolute atomic E-state index is 5.82. The lowest BCUT2D eigenvalue weighted by Crippen LogP contribution is -2.17. The van der Waals surface area contributed by atoms with Crippen molar-refractivity contribution in [3.8, 4) is 5.75 Å². The number of rotatable bonds is 8. The molecular weight excluding hydrogens is 272 g/mol. The zero-order chi connectivity index (χ0) is 15.8. The van der Waals surface area contributed by atoms with Crippen molar-refractivity contribution < 1.29 is 9.47 Å². The van der Waals surface area contributed by atoms with E-state index < -0.39 is 0 Å². The molecule has 0 bridgehead atoms. The summed E-state index contributed by atoms with van der Waals surface area (Å²) in [4.78, 5) is 0. The molecule has 1 aromatic carbocycles. The molecule has 1 aliphatic carbocycles. The van der Waals surface area contributed by atoms with Gasteiger partial charge in [-0.05, 0) is 56.2 Å². The van der Waals surface area contributed by atoms with Gasteiger partial charge < -0.3 is 9.47 Å². The molecule has 22 heavy (non-hydrogen) atoms. The zero-order valence-corrected chi connectivity index (χ0v) is 14.0. The summed E-state index contributed by atoms with van der Waals surface area (Å²) in [7, 11) is 0. The predicted molar refractivity (Wildman–Crippen MR) is 92.3 cm³/mol. The summed E-state index contributed by atoms with van der Waals surface area (Å²) in [6, 6.07) is 8.37. The van der Waals surface area contributed by atoms with Crippen LogP contribution in [-0.4, -0.2) is 12.9 Å². The molecule has 0 aliphatic heterocycles. The standard InChI is InChI=1S/C20H28O2/c1-4-16(2)19-10-12-20(13-11-19)22-17(3)21-15-14-18-8-6-5-7-9-18/h5-6,8,10-13,16-17H,4,7,9,14-15H2,1-3H3. The molecule has 1 aromatic rings. The average molecular weight is 300 g/mol. The van der Waals surface area contributed by atoms with Gasteiger partial charge >= 0.3 is 0 Å². The predicted octanol–water partition coefficient (Wildman–Crippen LogP) is 5.61. The number of ether oxygens (including phenoxy) is 2. The average Bonchev–Trinajstić information content (AvgIpc) is 2.56. The van der Waals surface area contributed by atoms with E-state index in [2.05, 4.69) is 44.2 Å². The van der Waals surface area contributed by atoms with E-state index in [0.717, 1.165) is 31.4 Å². The van der Waals surface area contributed by atoms with Crippen LogP contribution in [0.5, 0.6) is 5.75 Å². The van der Waals surface area contributed by atoms with Crippen molar-refractivity contribution in [1.82, 2.24) is 0 Å². The minimum Gasteiger partial charge on any atom is -0.465 e. The van der Waals surface area contributed by atoms with Gasteiger partial charge in [0.1, 0.15) is 5.75 Å². The molecule has 2 unspecified atom stereocenters. The molecule has 2 heteroatoms. The molecule has 2 nitrogen and oxygen atoms in total. The first-order chi connectivity index (χ1) is 10.7. The van der Waals surface area contributed by atoms with Gasteiger partial charge in [0.2, 0.25) is 0 Å². The van der Waals surface area contributed by atoms with Crippen molar-refractivity contribution in [2.24, 2.45) is 0 Å². The second kappa shape index (κ2) is 8.79. The molecule has 0 saturated carbocycles. The van der Waals surface area contributed by atoms with E-state index in [0.29, 0.717) is 12.5 Å². The summed E-state index contributed by atoms with van der Waals surface area (Å²) in [5.74, 6) is 1.47. The Kier molecular flexibility index (Phi) is 6.73. The summed E-state index contributed by atoms with van der Waals surface area (Å²) >= 11 is 0. The van der Waals surface area contributed by atoms with Crippen molar-refractivity contribution >= 4 is 0 Å². The van der Waals surface area contributed by atoms with Crippen LogP contribution in [0.1, 0.15) is 57.9 Å². The van der Waals surface area contributed by atoms with Crippen molar-refractivity contribution in [2.75, 3.05) is 6.61 Å². The van der Waals surface area contributed by atoms with Gasteiger partial charge in [0.25, 0.3) is 0 Å². The fourth-order valence-corrected chi connectivity index (χ4v) is 2.55. The van der Waals surface area contributed by atoms with E-state index in [4.69, 9.17) is 9.47 Å². The largest absolute Gasteiger partial charge is 0.465 e. The molecule has 0 saturated heterocycles. The summed E-state index contributed by atoms with van der Waals surface area (Å²) in [6.07, 6.45) is 10.8. The quantitative estimate of drug-likeness (QED) is 0.581. The molecule has 0 fully saturated rings. The number of allylic oxidation sites excluding steroid dienone is 3. The third kappa shape index (κ3) is 5.34. The Balaban J connectivity index is 1.73. The Hall–Kier alpha value is -1.54. The van der Waals surface area contributed by atoms with Crippen molar-refractivity contribution in [3.63, 3.8) is 0 Å². The third-order valence-electron chi connectivity index (χ3n) is 4.24. The second-order valence-electron chi connectivity index (χ2n) is 5.98. The topological polar surface area (TPSA) is 18.5 Å². The number of benzene rings is 1. The SMILES string of the molecule is CCC(C)c1ccc(OC(C)OCCC2=CC=CCC2)cc1. The number of hydrogen-bond donors (Lipinski definition) is 0. The van der Waals surface area contributed by atoms with Crippen LogP contribution < -0.4 is 4.74 Å². The Morgan fingerprint density at radius 1 is 1.14 bits per heavy atom. The molecule has 0 aromatic heterocycles. The van der Waals surface area contributed by atoms with Crippen molar-refractivity contribution in [1.29, 1.82) is 0 Å². The van der Waals surface area contributed by atoms with E-state index in [-0.39, 0.29) is 6.29 Å². The van der Waals surface area contributed by atoms with E-state index in [1.807, 2.05) is 19.1 Å². The van der Waals surface area contributed by atoms with Gasteiger partial charge in [0.05, 0.1) is 6.61 Å². The molecule has 0 heterocycles. The monoisotopic (exact) mass is 300 g/mol. The normalized spacial score (nSPS) is 17.0. The van der Waals surface area contributed by atoms with Crippen molar-refractivity contribution in [2.45, 2.75) is 58.7 Å². The maximum Gasteiger partial charge on any atom is 0.196 e. The first kappa shape index (κ1) is 16.8. The van der Waals surface area contributed by atoms with Gasteiger partial charge in [-0.15, -0.1) is 0 Å². The highest BCUT2D eigenvalue weighted by molar-refractivity contribution is 5.29. The third-order valence-corrected chi connectivity index (χ3v) is 4.24. The highest BCUT2D eigenvalue weighted by Crippen LogP contribution is 2.22. The lowest BCUT2D eigenvalue weighted by atomic mass is 9.99. The van der Waals surface area contributed by atoms with Crippen LogP contribution in [0.25, 0.3) is 0 Å². The lowest BCUT2D eigenvalue weighted by Gasteiger charge is -2.17. The Bertz CT molecular complexity index is 499. The van der Waals surface area contributed by atoms with Gasteiger partial charge in [-0.3, -0.25) is 0 Å². The van der Waals surface area contributed by atoms with Crippen LogP contribution in [0.3, 0.4) is 0 Å². The van der Waals surface area contributed by atoms with Crippen molar-refractivity contribution in [3.05, 3.63) is 53.6 Å². The summed E-state index contributed by atoms with van der Waals surface area (Å²) < 4.78 is 11.6. The molecule has 0 N–H and O–H groups in total. The van der Waals surface area contributed by atoms with Crippen LogP contribution in [0.4, 0.5) is 0 Å². The minimum absolute atomic E-state index is 0.214. The van der Waals surface area contributed by atoms with E-state index in [9.17, 15) is 0 Å². The maximum atomic E-state index is 5.82. The van der Waals surface area contributed by atoms with Gasteiger partial charge in [-0.2, -0.15) is 0 Å². The zero-order valence-electron chi connectivity index (χ0n) is 14.0. The van der Waals surface area contributed by atoms with Crippen LogP contribution in [0.15, 0.2) is 48.1 Å². The van der Waals surface area contributed by atoms with Crippen LogP contribution in [0.2, 0.25) is 0 Å². The molecule has 120 valence electrons. The molecule has 2 rings (SSSR count). The molecule has 0 spiro atoms. The molecular formula is C20H28O2. The van der Waals surface area contributed by atoms with Crippen LogP contribution in [-0.2, 0) is 4.74 Å². The van der Waals surface area contributed by atoms with E-state index in [1.54, 1.807) is 0 Å². The Morgan fingerprint density at radius 2 is 1.91 bits per heavy atom. The highest BCUT2D eigenvalue weighted by atomic mass is 16.7. The summed E-state index contributed by atoms with van der Waals surface area (Å²) in [5, 5.41) is 0. The molecule has 2 atom stereocenters. The van der Waals surface area contributed by atoms with E-state index in [1.165, 1.54) is 11.1 Å². The summed E-state index contributed by atoms with van der Waals surface area (Å²) in [5.41, 5.74) is 2.83. The smallest absolute Gasteiger partial charge is 0.196 e. The van der Waals surface area contributed by atoms with Crippen LogP contribution in [0, 0.1) is 0 Å². The molecule has 0 amide bonds. The fourth-order valence-electron chi connectivity index (χ4n) is 2.55. The van der Waals surface area contributed by atoms with Gasteiger partial charge in [0, 0.05) is 0 Å². The van der Waals surface area contributed by atoms with E-state index >= 15 is 0 Å². The minimum atomic E-state index is -0.214. The Morgan fingerprint density at radius 3 is 2.55 bits per heavy atom. The lowest BCUT2D eigenvalue weighted by molar-refractivity contribution is -0.0655. The van der Waals surface area contributed by atoms with Gasteiger partial charge in [-0.1, -0.05) is 49.8 Å². The first-order valence-electron chi connectivity index (χ1n) is 8.41. The first-order valence-corrected chi connectivity index (χ1v) is 8.41. The summed E-state index contributed by atoms with van der Waals surface area (Å²) in [6.45, 7) is 7.13. The second-order valence-corrected chi connectivity index (χ2v) is 5.98. The van der Waals surface area contributed by atoms with Crippen LogP contribution >= 0.6 is 0 Å². The highest BCUT2D eigenvalue weighted by Gasteiger charge is 2.07.